The topological polar surface area (TPSA) is 259 Å². The van der Waals surface area contributed by atoms with E-state index < -0.39 is 47.9 Å². The van der Waals surface area contributed by atoms with Crippen molar-refractivity contribution in [1.29, 1.82) is 0 Å². The molecule has 3 amide bonds. The predicted octanol–water partition coefficient (Wildman–Crippen LogP) is -0.358. The molecule has 0 radical (unpaired) electrons. The monoisotopic (exact) mass is 610 g/mol. The number of benzene rings is 1. The fourth-order valence-corrected chi connectivity index (χ4v) is 4.71. The number of carboxylic acids is 1. The fraction of sp³-hybridized carbons (Fsp3) is 0.448. The zero-order valence-electron chi connectivity index (χ0n) is 24.9. The van der Waals surface area contributed by atoms with Crippen LogP contribution in [0.5, 0.6) is 0 Å². The lowest BCUT2D eigenvalue weighted by atomic mass is 9.96. The number of nitrogens with zero attached hydrogens (tertiary/aromatic N) is 2. The van der Waals surface area contributed by atoms with Crippen molar-refractivity contribution in [1.82, 2.24) is 30.9 Å². The first-order chi connectivity index (χ1) is 21.0. The van der Waals surface area contributed by atoms with Crippen molar-refractivity contribution in [2.45, 2.75) is 70.1 Å². The van der Waals surface area contributed by atoms with Crippen molar-refractivity contribution in [2.24, 2.45) is 28.1 Å². The normalized spacial score (nSPS) is 14.5. The van der Waals surface area contributed by atoms with Crippen LogP contribution in [0.3, 0.4) is 0 Å². The van der Waals surface area contributed by atoms with Gasteiger partial charge in [-0.2, -0.15) is 0 Å². The molecule has 0 aliphatic heterocycles. The Hall–Kier alpha value is -4.92. The highest BCUT2D eigenvalue weighted by Crippen LogP contribution is 2.19. The summed E-state index contributed by atoms with van der Waals surface area (Å²) < 4.78 is 0. The van der Waals surface area contributed by atoms with Gasteiger partial charge in [0.25, 0.3) is 0 Å². The van der Waals surface area contributed by atoms with Gasteiger partial charge in [-0.25, -0.2) is 9.78 Å². The predicted molar refractivity (Wildman–Crippen MR) is 165 cm³/mol. The molecule has 0 saturated carbocycles. The number of amides is 3. The third-order valence-electron chi connectivity index (χ3n) is 7.42. The summed E-state index contributed by atoms with van der Waals surface area (Å²) in [6.07, 6.45) is 5.82. The van der Waals surface area contributed by atoms with E-state index in [9.17, 15) is 24.3 Å². The summed E-state index contributed by atoms with van der Waals surface area (Å²) in [5.74, 6) is -3.52. The number of carbonyl (C=O) groups is 4. The molecule has 0 saturated heterocycles. The average molecular weight is 611 g/mol. The van der Waals surface area contributed by atoms with E-state index in [0.717, 1.165) is 16.5 Å². The lowest BCUT2D eigenvalue weighted by Crippen LogP contribution is -2.59. The second kappa shape index (κ2) is 16.1. The van der Waals surface area contributed by atoms with Crippen LogP contribution in [-0.4, -0.2) is 80.4 Å². The van der Waals surface area contributed by atoms with Crippen LogP contribution in [0.2, 0.25) is 0 Å². The number of nitrogens with two attached hydrogens (primary N) is 3. The summed E-state index contributed by atoms with van der Waals surface area (Å²) >= 11 is 0. The van der Waals surface area contributed by atoms with Gasteiger partial charge in [0.1, 0.15) is 18.1 Å². The molecule has 0 fully saturated rings. The number of aromatic amines is 2. The Labute approximate surface area is 254 Å². The molecule has 3 aromatic rings. The first-order valence-electron chi connectivity index (χ1n) is 14.5. The molecule has 0 aliphatic rings. The molecule has 2 heterocycles. The van der Waals surface area contributed by atoms with Crippen molar-refractivity contribution < 1.29 is 24.3 Å². The van der Waals surface area contributed by atoms with Crippen molar-refractivity contribution in [3.63, 3.8) is 0 Å². The first kappa shape index (κ1) is 33.6. The Morgan fingerprint density at radius 1 is 1.00 bits per heavy atom. The number of H-pyrrole nitrogens is 2. The van der Waals surface area contributed by atoms with Gasteiger partial charge in [0.2, 0.25) is 17.7 Å². The standard InChI is InChI=1S/C29H42N10O5/c1-3-16(2)24(39-25(40)20(30)11-17-13-35-21-8-5-4-7-19(17)21)27(42)37-22(9-6-10-34-29(31)32)26(41)38-23(28(43)44)12-18-14-33-15-36-18/h4-5,7-8,13-16,20,22-24,35H,3,6,9-12,30H2,1-2H3,(H,33,36)(H,37,42)(H,38,41)(H,39,40)(H,43,44)(H4,31,32,34). The van der Waals surface area contributed by atoms with Gasteiger partial charge in [-0.05, 0) is 36.8 Å². The first-order valence-corrected chi connectivity index (χ1v) is 14.5. The summed E-state index contributed by atoms with van der Waals surface area (Å²) in [6, 6.07) is 3.29. The van der Waals surface area contributed by atoms with Crippen molar-refractivity contribution in [3.05, 3.63) is 54.2 Å². The van der Waals surface area contributed by atoms with Gasteiger partial charge in [-0.1, -0.05) is 38.5 Å². The molecule has 238 valence electrons. The lowest BCUT2D eigenvalue weighted by Gasteiger charge is -2.28. The van der Waals surface area contributed by atoms with E-state index in [2.05, 4.69) is 35.9 Å². The third-order valence-corrected chi connectivity index (χ3v) is 7.42. The minimum Gasteiger partial charge on any atom is -0.480 e. The van der Waals surface area contributed by atoms with Crippen LogP contribution in [0, 0.1) is 5.92 Å². The summed E-state index contributed by atoms with van der Waals surface area (Å²) in [5.41, 5.74) is 19.4. The van der Waals surface area contributed by atoms with E-state index in [0.29, 0.717) is 18.5 Å². The van der Waals surface area contributed by atoms with Gasteiger partial charge in [0.15, 0.2) is 5.96 Å². The number of fused-ring (bicyclic) bond motifs is 1. The maximum Gasteiger partial charge on any atom is 0.326 e. The molecule has 2 aromatic heterocycles. The molecule has 5 atom stereocenters. The van der Waals surface area contributed by atoms with E-state index in [4.69, 9.17) is 17.2 Å². The van der Waals surface area contributed by atoms with E-state index in [1.54, 1.807) is 13.1 Å². The number of carboxylic acid groups (broad SMARTS) is 1. The van der Waals surface area contributed by atoms with Gasteiger partial charge >= 0.3 is 5.97 Å². The fourth-order valence-electron chi connectivity index (χ4n) is 4.71. The molecule has 15 heteroatoms. The zero-order valence-corrected chi connectivity index (χ0v) is 24.9. The maximum atomic E-state index is 13.6. The number of guanidine groups is 1. The Balaban J connectivity index is 1.72. The molecule has 12 N–H and O–H groups in total. The lowest BCUT2D eigenvalue weighted by molar-refractivity contribution is -0.142. The Morgan fingerprint density at radius 2 is 1.73 bits per heavy atom. The number of hydrogen-bond acceptors (Lipinski definition) is 7. The zero-order chi connectivity index (χ0) is 32.2. The molecule has 0 spiro atoms. The molecule has 5 unspecified atom stereocenters. The van der Waals surface area contributed by atoms with Crippen LogP contribution in [0.4, 0.5) is 0 Å². The van der Waals surface area contributed by atoms with Gasteiger partial charge < -0.3 is 48.2 Å². The van der Waals surface area contributed by atoms with Crippen LogP contribution in [0.1, 0.15) is 44.4 Å². The smallest absolute Gasteiger partial charge is 0.326 e. The number of rotatable bonds is 17. The summed E-state index contributed by atoms with van der Waals surface area (Å²) in [5, 5.41) is 18.6. The maximum absolute atomic E-state index is 13.6. The summed E-state index contributed by atoms with van der Waals surface area (Å²) in [7, 11) is 0. The van der Waals surface area contributed by atoms with E-state index >= 15 is 0 Å². The molecular weight excluding hydrogens is 568 g/mol. The van der Waals surface area contributed by atoms with Gasteiger partial charge in [0.05, 0.1) is 12.4 Å². The Bertz CT molecular complexity index is 1430. The number of hydrogen-bond donors (Lipinski definition) is 9. The van der Waals surface area contributed by atoms with Crippen molar-refractivity contribution >= 4 is 40.6 Å². The largest absolute Gasteiger partial charge is 0.480 e. The highest BCUT2D eigenvalue weighted by atomic mass is 16.4. The third kappa shape index (κ3) is 9.55. The highest BCUT2D eigenvalue weighted by molar-refractivity contribution is 5.94. The summed E-state index contributed by atoms with van der Waals surface area (Å²) in [6.45, 7) is 3.86. The SMILES string of the molecule is CCC(C)C(NC(=O)C(N)Cc1c[nH]c2ccccc12)C(=O)NC(CCCN=C(N)N)C(=O)NC(Cc1cnc[nH]1)C(=O)O. The number of imidazole rings is 1. The van der Waals surface area contributed by atoms with Gasteiger partial charge in [-0.15, -0.1) is 0 Å². The molecule has 1 aromatic carbocycles. The van der Waals surface area contributed by atoms with E-state index in [-0.39, 0.29) is 37.7 Å². The number of aliphatic imine (C=N–C) groups is 1. The van der Waals surface area contributed by atoms with E-state index in [1.165, 1.54) is 12.5 Å². The minimum absolute atomic E-state index is 0.0460. The number of aromatic nitrogens is 3. The van der Waals surface area contributed by atoms with Gasteiger partial charge in [0, 0.05) is 42.0 Å². The summed E-state index contributed by atoms with van der Waals surface area (Å²) in [4.78, 5) is 65.7. The van der Waals surface area contributed by atoms with Crippen LogP contribution >= 0.6 is 0 Å². The number of nitrogens with one attached hydrogen (secondary N) is 5. The highest BCUT2D eigenvalue weighted by Gasteiger charge is 2.32. The molecule has 0 bridgehead atoms. The second-order valence-corrected chi connectivity index (χ2v) is 10.7. The van der Waals surface area contributed by atoms with Crippen LogP contribution in [0.25, 0.3) is 10.9 Å². The van der Waals surface area contributed by atoms with Gasteiger partial charge in [-0.3, -0.25) is 19.4 Å². The Morgan fingerprint density at radius 3 is 2.39 bits per heavy atom. The quantitative estimate of drug-likeness (QED) is 0.0548. The van der Waals surface area contributed by atoms with E-state index in [1.807, 2.05) is 31.2 Å². The Kier molecular flexibility index (Phi) is 12.3. The molecule has 15 nitrogen and oxygen atoms in total. The average Bonchev–Trinajstić information content (AvgIpc) is 3.66. The van der Waals surface area contributed by atoms with Crippen molar-refractivity contribution in [3.8, 4) is 0 Å². The molecule has 0 aliphatic carbocycles. The van der Waals surface area contributed by atoms with Crippen LogP contribution in [0.15, 0.2) is 48.0 Å². The van der Waals surface area contributed by atoms with Crippen molar-refractivity contribution in [2.75, 3.05) is 6.54 Å². The number of carbonyl (C=O) groups excluding carboxylic acids is 3. The number of para-hydroxylation sites is 1. The minimum atomic E-state index is -1.28. The molecule has 44 heavy (non-hydrogen) atoms. The second-order valence-electron chi connectivity index (χ2n) is 10.7. The van der Waals surface area contributed by atoms with Crippen LogP contribution in [-0.2, 0) is 32.0 Å². The molecular formula is C29H42N10O5. The number of aliphatic carboxylic acids is 1. The van der Waals surface area contributed by atoms with Crippen LogP contribution < -0.4 is 33.2 Å². The molecule has 3 rings (SSSR count).